The lowest BCUT2D eigenvalue weighted by molar-refractivity contribution is -0.129. The van der Waals surface area contributed by atoms with Crippen molar-refractivity contribution in [2.75, 3.05) is 6.54 Å². The van der Waals surface area contributed by atoms with Gasteiger partial charge in [0, 0.05) is 6.54 Å². The molecule has 0 aromatic rings. The van der Waals surface area contributed by atoms with E-state index in [0.717, 1.165) is 13.0 Å². The van der Waals surface area contributed by atoms with Crippen molar-refractivity contribution < 1.29 is 4.79 Å². The van der Waals surface area contributed by atoms with Crippen LogP contribution >= 0.6 is 0 Å². The minimum atomic E-state index is 0.0740. The van der Waals surface area contributed by atoms with Gasteiger partial charge in [0.05, 0.1) is 12.0 Å². The summed E-state index contributed by atoms with van der Waals surface area (Å²) in [6.07, 6.45) is 6.86. The van der Waals surface area contributed by atoms with E-state index >= 15 is 0 Å². The van der Waals surface area contributed by atoms with E-state index in [4.69, 9.17) is 0 Å². The Balaban J connectivity index is 2.21. The summed E-state index contributed by atoms with van der Waals surface area (Å²) in [7, 11) is 0. The Morgan fingerprint density at radius 3 is 3.18 bits per heavy atom. The summed E-state index contributed by atoms with van der Waals surface area (Å²) in [6, 6.07) is 0.366. The molecule has 0 unspecified atom stereocenters. The van der Waals surface area contributed by atoms with Crippen LogP contribution in [0.2, 0.25) is 0 Å². The first-order valence-corrected chi connectivity index (χ1v) is 3.92. The highest BCUT2D eigenvalue weighted by Gasteiger charge is 2.37. The lowest BCUT2D eigenvalue weighted by Gasteiger charge is -2.13. The fraction of sp³-hybridized carbons (Fsp3) is 0.444. The van der Waals surface area contributed by atoms with E-state index in [1.807, 2.05) is 4.90 Å². The van der Waals surface area contributed by atoms with Gasteiger partial charge in [0.15, 0.2) is 0 Å². The standard InChI is InChI=1S/C9H11NO/c1-2-7-6-8-4-3-5-10(8)9(7)11/h2-4,7-8H,1,5-6H2/t7-,8+/m0/s1. The number of rotatable bonds is 1. The van der Waals surface area contributed by atoms with Crippen molar-refractivity contribution in [1.29, 1.82) is 0 Å². The number of carbonyl (C=O) groups is 1. The fourth-order valence-corrected chi connectivity index (χ4v) is 1.80. The maximum absolute atomic E-state index is 11.4. The minimum absolute atomic E-state index is 0.0740. The van der Waals surface area contributed by atoms with Gasteiger partial charge in [-0.3, -0.25) is 4.79 Å². The second kappa shape index (κ2) is 2.22. The molecule has 2 aliphatic heterocycles. The first-order valence-electron chi connectivity index (χ1n) is 3.92. The first-order chi connectivity index (χ1) is 5.33. The average molecular weight is 149 g/mol. The van der Waals surface area contributed by atoms with E-state index < -0.39 is 0 Å². The Labute approximate surface area is 66.2 Å². The quantitative estimate of drug-likeness (QED) is 0.508. The van der Waals surface area contributed by atoms with Gasteiger partial charge in [-0.25, -0.2) is 0 Å². The molecule has 1 amide bonds. The third kappa shape index (κ3) is 0.821. The monoisotopic (exact) mass is 149 g/mol. The molecule has 2 aliphatic rings. The van der Waals surface area contributed by atoms with E-state index in [9.17, 15) is 4.79 Å². The molecule has 2 nitrogen and oxygen atoms in total. The summed E-state index contributed by atoms with van der Waals surface area (Å²) >= 11 is 0. The van der Waals surface area contributed by atoms with Crippen molar-refractivity contribution >= 4 is 5.91 Å². The summed E-state index contributed by atoms with van der Waals surface area (Å²) in [5, 5.41) is 0. The molecule has 2 heteroatoms. The average Bonchev–Trinajstić information content (AvgIpc) is 2.53. The predicted molar refractivity (Wildman–Crippen MR) is 42.9 cm³/mol. The molecule has 0 aliphatic carbocycles. The van der Waals surface area contributed by atoms with Crippen LogP contribution in [0.25, 0.3) is 0 Å². The van der Waals surface area contributed by atoms with Gasteiger partial charge in [-0.2, -0.15) is 0 Å². The van der Waals surface area contributed by atoms with Crippen molar-refractivity contribution in [1.82, 2.24) is 4.90 Å². The summed E-state index contributed by atoms with van der Waals surface area (Å²) in [5.41, 5.74) is 0. The van der Waals surface area contributed by atoms with E-state index in [-0.39, 0.29) is 11.8 Å². The Morgan fingerprint density at radius 1 is 1.73 bits per heavy atom. The van der Waals surface area contributed by atoms with Crippen molar-refractivity contribution in [3.63, 3.8) is 0 Å². The van der Waals surface area contributed by atoms with E-state index in [0.29, 0.717) is 6.04 Å². The van der Waals surface area contributed by atoms with E-state index in [2.05, 4.69) is 18.7 Å². The molecule has 0 aromatic carbocycles. The number of hydrogen-bond donors (Lipinski definition) is 0. The molecule has 0 bridgehead atoms. The van der Waals surface area contributed by atoms with Crippen LogP contribution in [0.1, 0.15) is 6.42 Å². The zero-order chi connectivity index (χ0) is 7.84. The van der Waals surface area contributed by atoms with Gasteiger partial charge in [-0.05, 0) is 6.42 Å². The van der Waals surface area contributed by atoms with Gasteiger partial charge in [0.1, 0.15) is 0 Å². The Kier molecular flexibility index (Phi) is 1.34. The zero-order valence-corrected chi connectivity index (χ0v) is 6.36. The number of fused-ring (bicyclic) bond motifs is 1. The van der Waals surface area contributed by atoms with Crippen LogP contribution in [0.15, 0.2) is 24.8 Å². The Morgan fingerprint density at radius 2 is 2.55 bits per heavy atom. The molecule has 0 saturated carbocycles. The minimum Gasteiger partial charge on any atom is -0.332 e. The van der Waals surface area contributed by atoms with Crippen molar-refractivity contribution in [2.24, 2.45) is 5.92 Å². The van der Waals surface area contributed by atoms with Crippen LogP contribution < -0.4 is 0 Å². The molecular formula is C9H11NO. The lowest BCUT2D eigenvalue weighted by atomic mass is 10.1. The van der Waals surface area contributed by atoms with Crippen molar-refractivity contribution in [3.8, 4) is 0 Å². The number of amides is 1. The predicted octanol–water partition coefficient (Wildman–Crippen LogP) is 0.959. The topological polar surface area (TPSA) is 20.3 Å². The molecule has 2 atom stereocenters. The first kappa shape index (κ1) is 6.65. The Bertz CT molecular complexity index is 232. The van der Waals surface area contributed by atoms with Crippen LogP contribution in [0.4, 0.5) is 0 Å². The number of hydrogen-bond acceptors (Lipinski definition) is 1. The highest BCUT2D eigenvalue weighted by atomic mass is 16.2. The Hall–Kier alpha value is -1.05. The van der Waals surface area contributed by atoms with Crippen LogP contribution in [0.3, 0.4) is 0 Å². The van der Waals surface area contributed by atoms with Gasteiger partial charge < -0.3 is 4.90 Å². The van der Waals surface area contributed by atoms with Gasteiger partial charge >= 0.3 is 0 Å². The molecule has 0 spiro atoms. The largest absolute Gasteiger partial charge is 0.332 e. The molecule has 1 saturated heterocycles. The van der Waals surface area contributed by atoms with Gasteiger partial charge in [-0.15, -0.1) is 6.58 Å². The summed E-state index contributed by atoms with van der Waals surface area (Å²) in [6.45, 7) is 4.45. The molecule has 2 heterocycles. The summed E-state index contributed by atoms with van der Waals surface area (Å²) in [5.74, 6) is 0.319. The number of carbonyl (C=O) groups excluding carboxylic acids is 1. The number of nitrogens with zero attached hydrogens (tertiary/aromatic N) is 1. The maximum Gasteiger partial charge on any atom is 0.230 e. The van der Waals surface area contributed by atoms with E-state index in [1.165, 1.54) is 0 Å². The fourth-order valence-electron chi connectivity index (χ4n) is 1.80. The summed E-state index contributed by atoms with van der Waals surface area (Å²) in [4.78, 5) is 13.3. The third-order valence-corrected chi connectivity index (χ3v) is 2.44. The van der Waals surface area contributed by atoms with Crippen LogP contribution in [0, 0.1) is 5.92 Å². The van der Waals surface area contributed by atoms with Crippen LogP contribution in [-0.2, 0) is 4.79 Å². The molecule has 0 radical (unpaired) electrons. The smallest absolute Gasteiger partial charge is 0.230 e. The maximum atomic E-state index is 11.4. The molecule has 58 valence electrons. The van der Waals surface area contributed by atoms with Crippen LogP contribution in [-0.4, -0.2) is 23.4 Å². The molecule has 2 rings (SSSR count). The van der Waals surface area contributed by atoms with Crippen molar-refractivity contribution in [2.45, 2.75) is 12.5 Å². The highest BCUT2D eigenvalue weighted by molar-refractivity contribution is 5.84. The van der Waals surface area contributed by atoms with E-state index in [1.54, 1.807) is 6.08 Å². The molecule has 11 heavy (non-hydrogen) atoms. The second-order valence-corrected chi connectivity index (χ2v) is 3.06. The normalized spacial score (nSPS) is 34.5. The van der Waals surface area contributed by atoms with Gasteiger partial charge in [0.25, 0.3) is 0 Å². The van der Waals surface area contributed by atoms with Crippen molar-refractivity contribution in [3.05, 3.63) is 24.8 Å². The zero-order valence-electron chi connectivity index (χ0n) is 6.36. The molecule has 0 N–H and O–H groups in total. The van der Waals surface area contributed by atoms with Crippen LogP contribution in [0.5, 0.6) is 0 Å². The summed E-state index contributed by atoms with van der Waals surface area (Å²) < 4.78 is 0. The molecule has 1 fully saturated rings. The van der Waals surface area contributed by atoms with Gasteiger partial charge in [-0.1, -0.05) is 18.2 Å². The highest BCUT2D eigenvalue weighted by Crippen LogP contribution is 2.28. The van der Waals surface area contributed by atoms with Gasteiger partial charge in [0.2, 0.25) is 5.91 Å². The SMILES string of the molecule is C=C[C@H]1C[C@H]2C=CCN2C1=O. The third-order valence-electron chi connectivity index (χ3n) is 2.44. The molecule has 0 aromatic heterocycles. The second-order valence-electron chi connectivity index (χ2n) is 3.06. The lowest BCUT2D eigenvalue weighted by Crippen LogP contribution is -2.28. The molecular weight excluding hydrogens is 138 g/mol.